The topological polar surface area (TPSA) is 52.6 Å². The SMILES string of the molecule is CCOC(=O)[C@H]1C[C@@H]1C(CC=O)O[Si](c1ccccc1)(c1ccccc1)C(C)(C)C. The number of hydrogen-bond donors (Lipinski definition) is 0. The third-order valence-electron chi connectivity index (χ3n) is 5.98. The lowest BCUT2D eigenvalue weighted by atomic mass is 10.1. The standard InChI is InChI=1S/C25H32O4Si/c1-5-28-24(27)22-18-21(22)23(16-17-26)29-30(25(2,3)4,19-12-8-6-9-13-19)20-14-10-7-11-15-20/h6-15,17,21-23H,5,16,18H2,1-4H3/t21-,22-,23?/m0/s1. The molecule has 0 heterocycles. The highest BCUT2D eigenvalue weighted by molar-refractivity contribution is 6.99. The number of esters is 1. The summed E-state index contributed by atoms with van der Waals surface area (Å²) in [7, 11) is -2.77. The molecule has 1 saturated carbocycles. The average molecular weight is 425 g/mol. The van der Waals surface area contributed by atoms with Crippen molar-refractivity contribution >= 4 is 30.9 Å². The molecule has 0 spiro atoms. The summed E-state index contributed by atoms with van der Waals surface area (Å²) in [5.74, 6) is -0.325. The maximum absolute atomic E-state index is 12.3. The van der Waals surface area contributed by atoms with Crippen LogP contribution >= 0.6 is 0 Å². The predicted molar refractivity (Wildman–Crippen MR) is 121 cm³/mol. The Morgan fingerprint density at radius 2 is 1.60 bits per heavy atom. The van der Waals surface area contributed by atoms with Crippen molar-refractivity contribution < 1.29 is 18.8 Å². The zero-order valence-corrected chi connectivity index (χ0v) is 19.3. The Bertz CT molecular complexity index is 805. The summed E-state index contributed by atoms with van der Waals surface area (Å²) in [6.45, 7) is 8.83. The molecule has 1 aliphatic carbocycles. The lowest BCUT2D eigenvalue weighted by molar-refractivity contribution is -0.145. The molecule has 0 amide bonds. The molecule has 30 heavy (non-hydrogen) atoms. The van der Waals surface area contributed by atoms with Crippen LogP contribution in [0.3, 0.4) is 0 Å². The molecule has 0 radical (unpaired) electrons. The molecule has 0 aliphatic heterocycles. The van der Waals surface area contributed by atoms with Crippen LogP contribution in [0, 0.1) is 11.8 Å². The van der Waals surface area contributed by atoms with Crippen molar-refractivity contribution in [3.63, 3.8) is 0 Å². The smallest absolute Gasteiger partial charge is 0.309 e. The molecule has 1 fully saturated rings. The zero-order chi connectivity index (χ0) is 21.8. The van der Waals surface area contributed by atoms with Gasteiger partial charge in [-0.1, -0.05) is 81.4 Å². The van der Waals surface area contributed by atoms with Crippen LogP contribution in [0.15, 0.2) is 60.7 Å². The number of carbonyl (C=O) groups is 2. The van der Waals surface area contributed by atoms with Crippen LogP contribution < -0.4 is 10.4 Å². The molecule has 0 N–H and O–H groups in total. The highest BCUT2D eigenvalue weighted by Gasteiger charge is 2.56. The Hall–Kier alpha value is -2.24. The Kier molecular flexibility index (Phi) is 6.94. The Balaban J connectivity index is 2.06. The number of aldehydes is 1. The summed E-state index contributed by atoms with van der Waals surface area (Å²) >= 11 is 0. The van der Waals surface area contributed by atoms with E-state index >= 15 is 0 Å². The minimum atomic E-state index is -2.77. The molecule has 0 saturated heterocycles. The van der Waals surface area contributed by atoms with Crippen LogP contribution in [0.25, 0.3) is 0 Å². The van der Waals surface area contributed by atoms with E-state index in [0.29, 0.717) is 6.61 Å². The van der Waals surface area contributed by atoms with Crippen LogP contribution in [0.5, 0.6) is 0 Å². The molecular formula is C25H32O4Si. The highest BCUT2D eigenvalue weighted by atomic mass is 28.4. The molecule has 0 bridgehead atoms. The van der Waals surface area contributed by atoms with Crippen molar-refractivity contribution in [3.8, 4) is 0 Å². The molecule has 2 aromatic carbocycles. The minimum Gasteiger partial charge on any atom is -0.466 e. The molecule has 3 atom stereocenters. The van der Waals surface area contributed by atoms with Gasteiger partial charge in [0.05, 0.1) is 18.6 Å². The van der Waals surface area contributed by atoms with E-state index < -0.39 is 8.32 Å². The van der Waals surface area contributed by atoms with E-state index in [0.717, 1.165) is 12.7 Å². The van der Waals surface area contributed by atoms with Crippen molar-refractivity contribution in [2.45, 2.75) is 51.7 Å². The Labute approximate surface area is 180 Å². The number of benzene rings is 2. The maximum Gasteiger partial charge on any atom is 0.309 e. The quantitative estimate of drug-likeness (QED) is 0.350. The zero-order valence-electron chi connectivity index (χ0n) is 18.3. The minimum absolute atomic E-state index is 0.0240. The lowest BCUT2D eigenvalue weighted by Gasteiger charge is -2.45. The fourth-order valence-corrected chi connectivity index (χ4v) is 9.21. The Morgan fingerprint density at radius 3 is 2.03 bits per heavy atom. The molecule has 0 aromatic heterocycles. The normalized spacial score (nSPS) is 19.7. The van der Waals surface area contributed by atoms with Crippen LogP contribution in [0.4, 0.5) is 0 Å². The van der Waals surface area contributed by atoms with E-state index in [9.17, 15) is 9.59 Å². The van der Waals surface area contributed by atoms with Crippen molar-refractivity contribution in [1.82, 2.24) is 0 Å². The van der Waals surface area contributed by atoms with Gasteiger partial charge in [0.25, 0.3) is 8.32 Å². The van der Waals surface area contributed by atoms with Gasteiger partial charge in [0.1, 0.15) is 6.29 Å². The van der Waals surface area contributed by atoms with Crippen molar-refractivity contribution in [1.29, 1.82) is 0 Å². The largest absolute Gasteiger partial charge is 0.466 e. The van der Waals surface area contributed by atoms with Crippen molar-refractivity contribution in [2.24, 2.45) is 11.8 Å². The van der Waals surface area contributed by atoms with Crippen LogP contribution in [-0.2, 0) is 18.8 Å². The van der Waals surface area contributed by atoms with Gasteiger partial charge in [-0.05, 0) is 34.7 Å². The molecular weight excluding hydrogens is 392 g/mol. The molecule has 4 nitrogen and oxygen atoms in total. The number of carbonyl (C=O) groups excluding carboxylic acids is 2. The predicted octanol–water partition coefficient (Wildman–Crippen LogP) is 3.72. The third-order valence-corrected chi connectivity index (χ3v) is 11.0. The van der Waals surface area contributed by atoms with Gasteiger partial charge in [-0.3, -0.25) is 4.79 Å². The average Bonchev–Trinajstić information content (AvgIpc) is 3.53. The van der Waals surface area contributed by atoms with Crippen LogP contribution in [-0.4, -0.2) is 33.3 Å². The van der Waals surface area contributed by atoms with E-state index in [2.05, 4.69) is 45.0 Å². The molecule has 1 unspecified atom stereocenters. The second kappa shape index (κ2) is 9.27. The molecule has 3 rings (SSSR count). The van der Waals surface area contributed by atoms with Gasteiger partial charge in [-0.25, -0.2) is 0 Å². The van der Waals surface area contributed by atoms with Gasteiger partial charge in [0.2, 0.25) is 0 Å². The fourth-order valence-electron chi connectivity index (χ4n) is 4.47. The van der Waals surface area contributed by atoms with Crippen LogP contribution in [0.1, 0.15) is 40.5 Å². The van der Waals surface area contributed by atoms with Crippen molar-refractivity contribution in [3.05, 3.63) is 60.7 Å². The van der Waals surface area contributed by atoms with Gasteiger partial charge in [-0.2, -0.15) is 0 Å². The maximum atomic E-state index is 12.3. The number of ether oxygens (including phenoxy) is 1. The first-order chi connectivity index (χ1) is 14.3. The van der Waals surface area contributed by atoms with Crippen LogP contribution in [0.2, 0.25) is 5.04 Å². The van der Waals surface area contributed by atoms with E-state index in [-0.39, 0.29) is 35.4 Å². The van der Waals surface area contributed by atoms with Gasteiger partial charge in [-0.15, -0.1) is 0 Å². The second-order valence-electron chi connectivity index (χ2n) is 8.98. The van der Waals surface area contributed by atoms with Gasteiger partial charge in [0, 0.05) is 6.42 Å². The van der Waals surface area contributed by atoms with E-state index in [4.69, 9.17) is 9.16 Å². The molecule has 160 valence electrons. The summed E-state index contributed by atoms with van der Waals surface area (Å²) in [6, 6.07) is 20.7. The van der Waals surface area contributed by atoms with E-state index in [1.54, 1.807) is 0 Å². The molecule has 1 aliphatic rings. The summed E-state index contributed by atoms with van der Waals surface area (Å²) < 4.78 is 12.3. The van der Waals surface area contributed by atoms with E-state index in [1.807, 2.05) is 43.3 Å². The van der Waals surface area contributed by atoms with E-state index in [1.165, 1.54) is 10.4 Å². The highest BCUT2D eigenvalue weighted by Crippen LogP contribution is 2.47. The summed E-state index contributed by atoms with van der Waals surface area (Å²) in [4.78, 5) is 23.8. The molecule has 5 heteroatoms. The van der Waals surface area contributed by atoms with Crippen molar-refractivity contribution in [2.75, 3.05) is 6.61 Å². The second-order valence-corrected chi connectivity index (χ2v) is 13.2. The first-order valence-electron chi connectivity index (χ1n) is 10.7. The fraction of sp³-hybridized carbons (Fsp3) is 0.440. The van der Waals surface area contributed by atoms with Gasteiger partial charge in [0.15, 0.2) is 0 Å². The number of rotatable bonds is 9. The Morgan fingerprint density at radius 1 is 1.07 bits per heavy atom. The molecule has 2 aromatic rings. The third kappa shape index (κ3) is 4.42. The summed E-state index contributed by atoms with van der Waals surface area (Å²) in [6.07, 6.45) is 1.62. The monoisotopic (exact) mass is 424 g/mol. The summed E-state index contributed by atoms with van der Waals surface area (Å²) in [5.41, 5.74) is 0. The van der Waals surface area contributed by atoms with Gasteiger partial charge >= 0.3 is 5.97 Å². The summed E-state index contributed by atoms with van der Waals surface area (Å²) in [5, 5.41) is 2.17. The first-order valence-corrected chi connectivity index (χ1v) is 12.6. The lowest BCUT2D eigenvalue weighted by Crippen LogP contribution is -2.68. The first kappa shape index (κ1) is 22.4. The number of hydrogen-bond acceptors (Lipinski definition) is 4. The van der Waals surface area contributed by atoms with Gasteiger partial charge < -0.3 is 14.0 Å².